The Morgan fingerprint density at radius 3 is 2.25 bits per heavy atom. The van der Waals surface area contributed by atoms with Crippen LogP contribution in [0.2, 0.25) is 0 Å². The third-order valence-electron chi connectivity index (χ3n) is 6.31. The average Bonchev–Trinajstić information content (AvgIpc) is 2.92. The highest BCUT2D eigenvalue weighted by Crippen LogP contribution is 2.34. The maximum absolute atomic E-state index is 13.1. The number of rotatable bonds is 8. The quantitative estimate of drug-likeness (QED) is 0.238. The van der Waals surface area contributed by atoms with Gasteiger partial charge in [-0.1, -0.05) is 30.3 Å². The molecule has 5 rings (SSSR count). The Morgan fingerprint density at radius 1 is 0.861 bits per heavy atom. The fourth-order valence-corrected chi connectivity index (χ4v) is 5.27. The van der Waals surface area contributed by atoms with Crippen LogP contribution in [0.15, 0.2) is 96.0 Å². The van der Waals surface area contributed by atoms with Crippen molar-refractivity contribution >= 4 is 35.1 Å². The van der Waals surface area contributed by atoms with Crippen molar-refractivity contribution < 1.29 is 4.39 Å². The van der Waals surface area contributed by atoms with E-state index >= 15 is 0 Å². The van der Waals surface area contributed by atoms with Gasteiger partial charge in [-0.3, -0.25) is 0 Å². The second-order valence-corrected chi connectivity index (χ2v) is 10.0. The molecule has 1 atom stereocenters. The summed E-state index contributed by atoms with van der Waals surface area (Å²) >= 11 is 1.79. The van der Waals surface area contributed by atoms with Crippen molar-refractivity contribution in [1.29, 1.82) is 0 Å². The summed E-state index contributed by atoms with van der Waals surface area (Å²) in [6.45, 7) is 2.05. The van der Waals surface area contributed by atoms with Crippen LogP contribution in [0.25, 0.3) is 0 Å². The molecule has 1 aliphatic heterocycles. The summed E-state index contributed by atoms with van der Waals surface area (Å²) in [4.78, 5) is 9.99. The lowest BCUT2D eigenvalue weighted by Gasteiger charge is -2.34. The van der Waals surface area contributed by atoms with Crippen LogP contribution < -0.4 is 16.4 Å². The smallest absolute Gasteiger partial charge is 0.229 e. The predicted octanol–water partition coefficient (Wildman–Crippen LogP) is 6.52. The lowest BCUT2D eigenvalue weighted by atomic mass is 9.87. The molecule has 0 bridgehead atoms. The second kappa shape index (κ2) is 11.5. The van der Waals surface area contributed by atoms with Crippen LogP contribution >= 0.6 is 11.9 Å². The normalized spacial score (nSPS) is 15.4. The van der Waals surface area contributed by atoms with Crippen LogP contribution in [0.4, 0.5) is 27.5 Å². The molecule has 1 fully saturated rings. The number of nitrogens with one attached hydrogen (secondary N) is 2. The molecular formula is C28H29FN6S. The molecule has 6 nitrogen and oxygen atoms in total. The number of benzene rings is 3. The van der Waals surface area contributed by atoms with Crippen molar-refractivity contribution in [2.45, 2.75) is 23.8 Å². The molecule has 4 N–H and O–H groups in total. The van der Waals surface area contributed by atoms with Gasteiger partial charge in [-0.25, -0.2) is 13.7 Å². The molecule has 184 valence electrons. The summed E-state index contributed by atoms with van der Waals surface area (Å²) in [6.07, 6.45) is 3.88. The molecule has 1 aliphatic rings. The lowest BCUT2D eigenvalue weighted by molar-refractivity contribution is 0.258. The van der Waals surface area contributed by atoms with Crippen molar-refractivity contribution in [2.75, 3.05) is 23.7 Å². The zero-order valence-corrected chi connectivity index (χ0v) is 20.7. The van der Waals surface area contributed by atoms with E-state index in [0.717, 1.165) is 37.3 Å². The second-order valence-electron chi connectivity index (χ2n) is 8.84. The van der Waals surface area contributed by atoms with Gasteiger partial charge in [0.1, 0.15) is 11.6 Å². The number of anilines is 4. The Balaban J connectivity index is 1.12. The van der Waals surface area contributed by atoms with Gasteiger partial charge in [0.25, 0.3) is 0 Å². The molecule has 36 heavy (non-hydrogen) atoms. The van der Waals surface area contributed by atoms with Gasteiger partial charge >= 0.3 is 0 Å². The molecule has 0 aliphatic carbocycles. The third-order valence-corrected chi connectivity index (χ3v) is 7.41. The van der Waals surface area contributed by atoms with E-state index in [-0.39, 0.29) is 11.9 Å². The minimum Gasteiger partial charge on any atom is -0.340 e. The number of hydrogen-bond donors (Lipinski definition) is 3. The Morgan fingerprint density at radius 2 is 1.53 bits per heavy atom. The number of nitrogens with two attached hydrogens (primary N) is 1. The minimum absolute atomic E-state index is 0.107. The van der Waals surface area contributed by atoms with Crippen LogP contribution in [0.5, 0.6) is 0 Å². The summed E-state index contributed by atoms with van der Waals surface area (Å²) < 4.78 is 15.5. The summed E-state index contributed by atoms with van der Waals surface area (Å²) in [5.41, 5.74) is 9.44. The molecular weight excluding hydrogens is 471 g/mol. The van der Waals surface area contributed by atoms with Crippen molar-refractivity contribution in [3.05, 3.63) is 103 Å². The number of hydrogen-bond acceptors (Lipinski definition) is 7. The summed E-state index contributed by atoms with van der Waals surface area (Å²) in [5.74, 6) is 1.36. The Hall–Kier alpha value is -3.46. The maximum Gasteiger partial charge on any atom is 0.229 e. The molecule has 3 aromatic carbocycles. The molecule has 0 spiro atoms. The highest BCUT2D eigenvalue weighted by molar-refractivity contribution is 7.97. The number of aromatic nitrogens is 2. The zero-order chi connectivity index (χ0) is 24.7. The van der Waals surface area contributed by atoms with E-state index in [1.54, 1.807) is 36.3 Å². The summed E-state index contributed by atoms with van der Waals surface area (Å²) in [6, 6.07) is 26.7. The van der Waals surface area contributed by atoms with Gasteiger partial charge in [-0.15, -0.1) is 0 Å². The maximum atomic E-state index is 13.1. The fourth-order valence-electron chi connectivity index (χ4n) is 4.32. The zero-order valence-electron chi connectivity index (χ0n) is 19.8. The first-order valence-corrected chi connectivity index (χ1v) is 12.9. The molecule has 0 saturated carbocycles. The molecule has 1 aromatic heterocycles. The van der Waals surface area contributed by atoms with Crippen LogP contribution in [-0.2, 0) is 0 Å². The topological polar surface area (TPSA) is 79.1 Å². The van der Waals surface area contributed by atoms with Crippen molar-refractivity contribution in [1.82, 2.24) is 14.3 Å². The minimum atomic E-state index is -0.274. The van der Waals surface area contributed by atoms with E-state index < -0.39 is 0 Å². The van der Waals surface area contributed by atoms with E-state index in [1.165, 1.54) is 22.6 Å². The highest BCUT2D eigenvalue weighted by atomic mass is 32.2. The van der Waals surface area contributed by atoms with E-state index in [4.69, 9.17) is 5.73 Å². The van der Waals surface area contributed by atoms with E-state index in [2.05, 4.69) is 61.3 Å². The first-order valence-electron chi connectivity index (χ1n) is 12.1. The Labute approximate surface area is 215 Å². The van der Waals surface area contributed by atoms with Gasteiger partial charge in [-0.2, -0.15) is 4.98 Å². The predicted molar refractivity (Wildman–Crippen MR) is 145 cm³/mol. The summed E-state index contributed by atoms with van der Waals surface area (Å²) in [5, 5.41) is 6.40. The number of nitrogens with zero attached hydrogens (tertiary/aromatic N) is 3. The van der Waals surface area contributed by atoms with Crippen molar-refractivity contribution in [3.8, 4) is 0 Å². The van der Waals surface area contributed by atoms with Gasteiger partial charge in [0.05, 0.1) is 0 Å². The van der Waals surface area contributed by atoms with Gasteiger partial charge in [-0.05, 0) is 90.9 Å². The van der Waals surface area contributed by atoms with E-state index in [0.29, 0.717) is 17.7 Å². The molecule has 8 heteroatoms. The fraction of sp³-hybridized carbons (Fsp3) is 0.214. The standard InChI is InChI=1S/C28H29FN6S/c29-22-6-8-23(9-7-22)32-26-14-17-31-28(34-26)33-24-10-12-25(13-11-24)36-35-18-15-21(16-19-35)27(30)20-4-2-1-3-5-20/h1-14,17,21,27H,15-16,18-19,30H2,(H2,31,32,33,34). The number of piperidine rings is 1. The van der Waals surface area contributed by atoms with Crippen LogP contribution in [-0.4, -0.2) is 27.4 Å². The van der Waals surface area contributed by atoms with Gasteiger partial charge in [0.2, 0.25) is 5.95 Å². The van der Waals surface area contributed by atoms with Crippen molar-refractivity contribution in [3.63, 3.8) is 0 Å². The van der Waals surface area contributed by atoms with Crippen LogP contribution in [0.1, 0.15) is 24.4 Å². The highest BCUT2D eigenvalue weighted by Gasteiger charge is 2.25. The molecule has 0 radical (unpaired) electrons. The van der Waals surface area contributed by atoms with Crippen molar-refractivity contribution in [2.24, 2.45) is 11.7 Å². The number of halogens is 1. The van der Waals surface area contributed by atoms with Gasteiger partial charge in [0, 0.05) is 41.6 Å². The van der Waals surface area contributed by atoms with Crippen LogP contribution in [0, 0.1) is 11.7 Å². The molecule has 1 saturated heterocycles. The van der Waals surface area contributed by atoms with Crippen LogP contribution in [0.3, 0.4) is 0 Å². The third kappa shape index (κ3) is 6.40. The molecule has 1 unspecified atom stereocenters. The first-order chi connectivity index (χ1) is 17.6. The summed E-state index contributed by atoms with van der Waals surface area (Å²) in [7, 11) is 0. The van der Waals surface area contributed by atoms with E-state index in [1.807, 2.05) is 18.2 Å². The monoisotopic (exact) mass is 500 g/mol. The van der Waals surface area contributed by atoms with Gasteiger partial charge < -0.3 is 16.4 Å². The molecule has 0 amide bonds. The molecule has 4 aromatic rings. The van der Waals surface area contributed by atoms with Gasteiger partial charge in [0.15, 0.2) is 0 Å². The lowest BCUT2D eigenvalue weighted by Crippen LogP contribution is -2.34. The largest absolute Gasteiger partial charge is 0.340 e. The van der Waals surface area contributed by atoms with E-state index in [9.17, 15) is 4.39 Å². The molecule has 2 heterocycles. The Kier molecular flexibility index (Phi) is 7.76. The average molecular weight is 501 g/mol. The Bertz CT molecular complexity index is 1250. The first kappa shape index (κ1) is 24.2. The SMILES string of the molecule is NC(c1ccccc1)C1CCN(Sc2ccc(Nc3nccc(Nc4ccc(F)cc4)n3)cc2)CC1.